The standard InChI is InChI=1S/C23H26F3N3O4S/c1-23(25,26)34(31,32)27-21-18(24)14-29-19(21)13-15-6-5-7-16(12-15)17-8-3-4-9-20(17)33-11-10-28(2)22(29)30/h3-9,12,18-19,21,27H,10-11,13-14H2,1-2H3. The minimum absolute atomic E-state index is 0.0688. The van der Waals surface area contributed by atoms with Gasteiger partial charge in [0.05, 0.1) is 25.2 Å². The summed E-state index contributed by atoms with van der Waals surface area (Å²) in [4.78, 5) is 15.7. The van der Waals surface area contributed by atoms with Crippen LogP contribution in [0.25, 0.3) is 11.1 Å². The van der Waals surface area contributed by atoms with Crippen LogP contribution in [0, 0.1) is 0 Å². The van der Waals surface area contributed by atoms with Crippen molar-refractivity contribution in [3.8, 4) is 16.9 Å². The van der Waals surface area contributed by atoms with Gasteiger partial charge >= 0.3 is 11.3 Å². The van der Waals surface area contributed by atoms with Crippen molar-refractivity contribution in [2.24, 2.45) is 0 Å². The number of para-hydroxylation sites is 1. The Morgan fingerprint density at radius 3 is 2.62 bits per heavy atom. The zero-order valence-corrected chi connectivity index (χ0v) is 19.6. The Balaban J connectivity index is 1.76. The van der Waals surface area contributed by atoms with E-state index in [9.17, 15) is 22.0 Å². The van der Waals surface area contributed by atoms with Crippen molar-refractivity contribution in [2.45, 2.75) is 36.9 Å². The van der Waals surface area contributed by atoms with E-state index in [0.717, 1.165) is 11.1 Å². The molecule has 1 saturated heterocycles. The lowest BCUT2D eigenvalue weighted by atomic mass is 9.96. The van der Waals surface area contributed by atoms with Crippen LogP contribution in [0.15, 0.2) is 48.5 Å². The summed E-state index contributed by atoms with van der Waals surface area (Å²) in [7, 11) is -3.63. The third-order valence-electron chi connectivity index (χ3n) is 6.17. The van der Waals surface area contributed by atoms with Gasteiger partial charge in [-0.15, -0.1) is 0 Å². The Bertz CT molecular complexity index is 1170. The quantitative estimate of drug-likeness (QED) is 0.706. The van der Waals surface area contributed by atoms with Crippen LogP contribution in [0.2, 0.25) is 0 Å². The van der Waals surface area contributed by atoms with Crippen molar-refractivity contribution >= 4 is 16.1 Å². The number of nitrogens with one attached hydrogen (secondary N) is 1. The monoisotopic (exact) mass is 497 g/mol. The molecular weight excluding hydrogens is 471 g/mol. The number of alkyl halides is 3. The second-order valence-electron chi connectivity index (χ2n) is 8.64. The lowest BCUT2D eigenvalue weighted by Gasteiger charge is -2.32. The molecule has 4 rings (SSSR count). The normalized spacial score (nSPS) is 23.8. The van der Waals surface area contributed by atoms with E-state index in [1.165, 1.54) is 16.8 Å². The summed E-state index contributed by atoms with van der Waals surface area (Å²) in [6.07, 6.45) is -1.79. The number of fused-ring (bicyclic) bond motifs is 5. The summed E-state index contributed by atoms with van der Waals surface area (Å²) < 4.78 is 74.5. The predicted octanol–water partition coefficient (Wildman–Crippen LogP) is 3.26. The second kappa shape index (κ2) is 9.10. The van der Waals surface area contributed by atoms with Crippen LogP contribution in [0.5, 0.6) is 5.75 Å². The number of halogens is 3. The third-order valence-corrected chi connectivity index (χ3v) is 7.69. The molecule has 11 heteroatoms. The van der Waals surface area contributed by atoms with Crippen LogP contribution in [0.3, 0.4) is 0 Å². The summed E-state index contributed by atoms with van der Waals surface area (Å²) >= 11 is 0. The maximum atomic E-state index is 15.1. The van der Waals surface area contributed by atoms with E-state index in [1.54, 1.807) is 12.1 Å². The van der Waals surface area contributed by atoms with Gasteiger partial charge < -0.3 is 14.5 Å². The van der Waals surface area contributed by atoms with E-state index >= 15 is 4.39 Å². The average molecular weight is 498 g/mol. The number of amides is 2. The molecule has 0 aromatic heterocycles. The summed E-state index contributed by atoms with van der Waals surface area (Å²) in [6.45, 7) is 0.180. The van der Waals surface area contributed by atoms with E-state index in [0.29, 0.717) is 11.3 Å². The molecule has 2 aliphatic rings. The SMILES string of the molecule is CN1CCOc2ccccc2-c2cccc(c2)CC2C(NS(=O)(=O)C(C)(F)F)C(F)CN2C1=O. The van der Waals surface area contributed by atoms with Crippen LogP contribution in [-0.4, -0.2) is 74.5 Å². The first-order chi connectivity index (χ1) is 16.0. The van der Waals surface area contributed by atoms with Crippen LogP contribution < -0.4 is 9.46 Å². The zero-order valence-electron chi connectivity index (χ0n) is 18.7. The fourth-order valence-electron chi connectivity index (χ4n) is 4.31. The van der Waals surface area contributed by atoms with Crippen molar-refractivity contribution in [3.05, 3.63) is 54.1 Å². The van der Waals surface area contributed by atoms with E-state index in [-0.39, 0.29) is 26.5 Å². The molecule has 2 amide bonds. The highest BCUT2D eigenvalue weighted by Gasteiger charge is 2.50. The molecule has 2 aromatic carbocycles. The fourth-order valence-corrected chi connectivity index (χ4v) is 5.18. The van der Waals surface area contributed by atoms with Gasteiger partial charge in [-0.05, 0) is 23.6 Å². The summed E-state index contributed by atoms with van der Waals surface area (Å²) in [5.74, 6) is 0.639. The van der Waals surface area contributed by atoms with Crippen molar-refractivity contribution in [3.63, 3.8) is 0 Å². The van der Waals surface area contributed by atoms with Gasteiger partial charge in [-0.2, -0.15) is 8.78 Å². The molecule has 7 nitrogen and oxygen atoms in total. The Morgan fingerprint density at radius 2 is 1.88 bits per heavy atom. The van der Waals surface area contributed by atoms with Crippen molar-refractivity contribution < 1.29 is 31.1 Å². The highest BCUT2D eigenvalue weighted by molar-refractivity contribution is 7.90. The van der Waals surface area contributed by atoms with E-state index in [4.69, 9.17) is 4.74 Å². The van der Waals surface area contributed by atoms with Crippen molar-refractivity contribution in [1.29, 1.82) is 0 Å². The average Bonchev–Trinajstić information content (AvgIpc) is 3.07. The smallest absolute Gasteiger partial charge is 0.356 e. The number of ether oxygens (including phenoxy) is 1. The first-order valence-corrected chi connectivity index (χ1v) is 12.3. The van der Waals surface area contributed by atoms with Gasteiger partial charge in [0.2, 0.25) is 0 Å². The van der Waals surface area contributed by atoms with Gasteiger partial charge in [0.1, 0.15) is 18.5 Å². The molecule has 34 heavy (non-hydrogen) atoms. The minimum Gasteiger partial charge on any atom is -0.491 e. The molecule has 3 unspecified atom stereocenters. The Hall–Kier alpha value is -2.79. The number of likely N-dealkylation sites (N-methyl/N-ethyl adjacent to an activating group) is 1. The lowest BCUT2D eigenvalue weighted by Crippen LogP contribution is -2.54. The summed E-state index contributed by atoms with van der Waals surface area (Å²) in [5.41, 5.74) is 2.34. The van der Waals surface area contributed by atoms with Crippen molar-refractivity contribution in [2.75, 3.05) is 26.7 Å². The molecule has 2 heterocycles. The second-order valence-corrected chi connectivity index (χ2v) is 10.6. The number of hydrogen-bond acceptors (Lipinski definition) is 4. The number of nitrogens with zero attached hydrogens (tertiary/aromatic N) is 2. The third kappa shape index (κ3) is 4.72. The molecule has 184 valence electrons. The van der Waals surface area contributed by atoms with Crippen LogP contribution in [0.4, 0.5) is 18.0 Å². The van der Waals surface area contributed by atoms with E-state index < -0.39 is 46.1 Å². The lowest BCUT2D eigenvalue weighted by molar-refractivity contribution is 0.110. The molecule has 0 aliphatic carbocycles. The first kappa shape index (κ1) is 24.3. The van der Waals surface area contributed by atoms with Gasteiger partial charge in [-0.25, -0.2) is 22.3 Å². The number of carbonyl (C=O) groups is 1. The molecule has 0 radical (unpaired) electrons. The van der Waals surface area contributed by atoms with Gasteiger partial charge in [0.15, 0.2) is 0 Å². The van der Waals surface area contributed by atoms with Crippen molar-refractivity contribution in [1.82, 2.24) is 14.5 Å². The van der Waals surface area contributed by atoms with Crippen LogP contribution in [0.1, 0.15) is 12.5 Å². The molecule has 2 aliphatic heterocycles. The van der Waals surface area contributed by atoms with E-state index in [2.05, 4.69) is 0 Å². The maximum absolute atomic E-state index is 15.1. The minimum atomic E-state index is -5.16. The number of urea groups is 1. The number of carbonyl (C=O) groups excluding carboxylic acids is 1. The molecule has 2 aromatic rings. The first-order valence-electron chi connectivity index (χ1n) is 10.8. The zero-order chi connectivity index (χ0) is 24.7. The molecule has 0 spiro atoms. The summed E-state index contributed by atoms with van der Waals surface area (Å²) in [5, 5.41) is -4.11. The highest BCUT2D eigenvalue weighted by atomic mass is 32.2. The number of sulfonamides is 1. The molecular formula is C23H26F3N3O4S. The molecule has 0 saturated carbocycles. The topological polar surface area (TPSA) is 79.0 Å². The molecule has 1 fully saturated rings. The van der Waals surface area contributed by atoms with Gasteiger partial charge in [0.25, 0.3) is 10.0 Å². The number of benzene rings is 2. The number of hydrogen-bond donors (Lipinski definition) is 1. The Kier molecular flexibility index (Phi) is 6.52. The molecule has 3 atom stereocenters. The van der Waals surface area contributed by atoms with Crippen LogP contribution >= 0.6 is 0 Å². The Morgan fingerprint density at radius 1 is 1.15 bits per heavy atom. The predicted molar refractivity (Wildman–Crippen MR) is 121 cm³/mol. The summed E-state index contributed by atoms with van der Waals surface area (Å²) in [6, 6.07) is 11.6. The maximum Gasteiger partial charge on any atom is 0.356 e. The number of rotatable bonds is 3. The highest BCUT2D eigenvalue weighted by Crippen LogP contribution is 2.33. The van der Waals surface area contributed by atoms with Gasteiger partial charge in [-0.3, -0.25) is 0 Å². The van der Waals surface area contributed by atoms with Crippen LogP contribution in [-0.2, 0) is 16.4 Å². The van der Waals surface area contributed by atoms with E-state index in [1.807, 2.05) is 41.1 Å². The molecule has 2 bridgehead atoms. The largest absolute Gasteiger partial charge is 0.491 e. The fraction of sp³-hybridized carbons (Fsp3) is 0.435. The Labute approximate surface area is 196 Å². The molecule has 1 N–H and O–H groups in total. The van der Waals surface area contributed by atoms with Gasteiger partial charge in [-0.1, -0.05) is 42.5 Å². The van der Waals surface area contributed by atoms with Gasteiger partial charge in [0, 0.05) is 19.5 Å².